The van der Waals surface area contributed by atoms with Crippen LogP contribution >= 0.6 is 11.6 Å². The van der Waals surface area contributed by atoms with E-state index in [0.717, 1.165) is 0 Å². The first-order chi connectivity index (χ1) is 9.02. The van der Waals surface area contributed by atoms with Crippen molar-refractivity contribution in [2.24, 2.45) is 0 Å². The Morgan fingerprint density at radius 3 is 2.32 bits per heavy atom. The fourth-order valence-electron chi connectivity index (χ4n) is 1.71. The van der Waals surface area contributed by atoms with Crippen LogP contribution in [0.25, 0.3) is 11.1 Å². The molecule has 0 aliphatic rings. The molecule has 100 valence electrons. The third kappa shape index (κ3) is 3.01. The number of benzene rings is 2. The molecule has 5 heteroatoms. The van der Waals surface area contributed by atoms with E-state index in [0.29, 0.717) is 21.8 Å². The van der Waals surface area contributed by atoms with Crippen molar-refractivity contribution in [2.75, 3.05) is 5.75 Å². The second-order valence-electron chi connectivity index (χ2n) is 3.92. The molecule has 0 radical (unpaired) electrons. The maximum atomic E-state index is 13.4. The van der Waals surface area contributed by atoms with Crippen LogP contribution in [-0.4, -0.2) is 9.96 Å². The van der Waals surface area contributed by atoms with Gasteiger partial charge in [-0.2, -0.15) is 0 Å². The molecular formula is C14H11ClF2OS. The smallest absolute Gasteiger partial charge is 0.145 e. The molecule has 1 nitrogen and oxygen atoms in total. The highest BCUT2D eigenvalue weighted by Crippen LogP contribution is 2.28. The van der Waals surface area contributed by atoms with Gasteiger partial charge in [-0.3, -0.25) is 4.21 Å². The third-order valence-corrected chi connectivity index (χ3v) is 4.34. The molecule has 0 aliphatic heterocycles. The van der Waals surface area contributed by atoms with Crippen LogP contribution in [0.5, 0.6) is 0 Å². The predicted octanol–water partition coefficient (Wildman–Crippen LogP) is 4.41. The average Bonchev–Trinajstić information content (AvgIpc) is 2.43. The molecule has 0 saturated carbocycles. The minimum atomic E-state index is -1.10. The van der Waals surface area contributed by atoms with E-state index >= 15 is 0 Å². The number of rotatable bonds is 3. The Morgan fingerprint density at radius 1 is 1.11 bits per heavy atom. The molecule has 0 aromatic heterocycles. The summed E-state index contributed by atoms with van der Waals surface area (Å²) in [4.78, 5) is 0.635. The molecule has 0 bridgehead atoms. The van der Waals surface area contributed by atoms with E-state index in [2.05, 4.69) is 0 Å². The van der Waals surface area contributed by atoms with Crippen LogP contribution in [0, 0.1) is 11.6 Å². The molecule has 1 unspecified atom stereocenters. The van der Waals surface area contributed by atoms with E-state index in [9.17, 15) is 13.0 Å². The zero-order valence-electron chi connectivity index (χ0n) is 10.1. The van der Waals surface area contributed by atoms with Crippen molar-refractivity contribution in [3.63, 3.8) is 0 Å². The summed E-state index contributed by atoms with van der Waals surface area (Å²) in [7, 11) is -1.10. The summed E-state index contributed by atoms with van der Waals surface area (Å²) in [5, 5.41) is -0.517. The summed E-state index contributed by atoms with van der Waals surface area (Å²) < 4.78 is 38.6. The maximum Gasteiger partial charge on any atom is 0.145 e. The van der Waals surface area contributed by atoms with E-state index in [4.69, 9.17) is 11.6 Å². The van der Waals surface area contributed by atoms with Crippen molar-refractivity contribution in [1.82, 2.24) is 0 Å². The molecule has 0 spiro atoms. The Morgan fingerprint density at radius 2 is 1.74 bits per heavy atom. The number of hydrogen-bond donors (Lipinski definition) is 0. The molecule has 2 rings (SSSR count). The van der Waals surface area contributed by atoms with Crippen LogP contribution in [0.15, 0.2) is 41.3 Å². The second kappa shape index (κ2) is 5.80. The van der Waals surface area contributed by atoms with Gasteiger partial charge in [-0.25, -0.2) is 8.78 Å². The summed E-state index contributed by atoms with van der Waals surface area (Å²) in [5.74, 6) is -1.12. The number of hydrogen-bond acceptors (Lipinski definition) is 1. The first-order valence-electron chi connectivity index (χ1n) is 5.66. The molecule has 0 heterocycles. The zero-order valence-corrected chi connectivity index (χ0v) is 11.7. The Hall–Kier alpha value is -1.26. The van der Waals surface area contributed by atoms with Gasteiger partial charge in [-0.1, -0.05) is 30.7 Å². The topological polar surface area (TPSA) is 17.1 Å². The van der Waals surface area contributed by atoms with Crippen LogP contribution in [0.1, 0.15) is 6.92 Å². The largest absolute Gasteiger partial charge is 0.254 e. The Labute approximate surface area is 117 Å². The lowest BCUT2D eigenvalue weighted by atomic mass is 10.1. The highest BCUT2D eigenvalue weighted by atomic mass is 35.5. The second-order valence-corrected chi connectivity index (χ2v) is 6.03. The van der Waals surface area contributed by atoms with E-state index in [-0.39, 0.29) is 0 Å². The quantitative estimate of drug-likeness (QED) is 0.767. The van der Waals surface area contributed by atoms with Crippen LogP contribution < -0.4 is 0 Å². The molecule has 2 aromatic carbocycles. The van der Waals surface area contributed by atoms with Gasteiger partial charge in [0.25, 0.3) is 0 Å². The minimum absolute atomic E-state index is 0.370. The zero-order chi connectivity index (χ0) is 14.0. The Balaban J connectivity index is 2.50. The van der Waals surface area contributed by atoms with Crippen LogP contribution in [0.2, 0.25) is 5.02 Å². The van der Waals surface area contributed by atoms with Crippen LogP contribution in [0.4, 0.5) is 8.78 Å². The Kier molecular flexibility index (Phi) is 4.32. The van der Waals surface area contributed by atoms with Crippen molar-refractivity contribution in [1.29, 1.82) is 0 Å². The van der Waals surface area contributed by atoms with E-state index in [1.807, 2.05) is 6.92 Å². The van der Waals surface area contributed by atoms with Crippen LogP contribution in [0.3, 0.4) is 0 Å². The monoisotopic (exact) mass is 300 g/mol. The van der Waals surface area contributed by atoms with Crippen molar-refractivity contribution in [3.05, 3.63) is 53.1 Å². The normalized spacial score (nSPS) is 12.4. The van der Waals surface area contributed by atoms with Crippen molar-refractivity contribution in [2.45, 2.75) is 11.8 Å². The highest BCUT2D eigenvalue weighted by molar-refractivity contribution is 7.85. The van der Waals surface area contributed by atoms with Gasteiger partial charge < -0.3 is 0 Å². The van der Waals surface area contributed by atoms with Gasteiger partial charge in [-0.05, 0) is 35.4 Å². The van der Waals surface area contributed by atoms with Crippen LogP contribution in [-0.2, 0) is 10.8 Å². The lowest BCUT2D eigenvalue weighted by Gasteiger charge is -2.06. The van der Waals surface area contributed by atoms with E-state index in [1.165, 1.54) is 12.1 Å². The third-order valence-electron chi connectivity index (χ3n) is 2.68. The van der Waals surface area contributed by atoms with E-state index < -0.39 is 27.5 Å². The first-order valence-corrected chi connectivity index (χ1v) is 7.36. The molecule has 0 N–H and O–H groups in total. The molecule has 2 aromatic rings. The van der Waals surface area contributed by atoms with Crippen molar-refractivity contribution in [3.8, 4) is 11.1 Å². The Bertz CT molecular complexity index is 620. The fourth-order valence-corrected chi connectivity index (χ4v) is 2.64. The highest BCUT2D eigenvalue weighted by Gasteiger charge is 2.11. The fraction of sp³-hybridized carbons (Fsp3) is 0.143. The van der Waals surface area contributed by atoms with Gasteiger partial charge >= 0.3 is 0 Å². The summed E-state index contributed by atoms with van der Waals surface area (Å²) in [6, 6.07) is 9.15. The molecule has 19 heavy (non-hydrogen) atoms. The molecule has 0 saturated heterocycles. The number of halogens is 3. The average molecular weight is 301 g/mol. The SMILES string of the molecule is CCS(=O)c1cccc(-c2cc(F)c(Cl)c(F)c2)c1. The van der Waals surface area contributed by atoms with Gasteiger partial charge in [0.15, 0.2) is 0 Å². The van der Waals surface area contributed by atoms with E-state index in [1.54, 1.807) is 24.3 Å². The lowest BCUT2D eigenvalue weighted by molar-refractivity contribution is 0.585. The standard InChI is InChI=1S/C14H11ClF2OS/c1-2-19(18)11-5-3-4-9(6-11)10-7-12(16)14(15)13(17)8-10/h3-8H,2H2,1H3. The maximum absolute atomic E-state index is 13.4. The first kappa shape index (κ1) is 14.2. The lowest BCUT2D eigenvalue weighted by Crippen LogP contribution is -1.94. The molecule has 0 aliphatic carbocycles. The summed E-state index contributed by atoms with van der Waals surface area (Å²) >= 11 is 5.44. The van der Waals surface area contributed by atoms with Crippen molar-refractivity contribution < 1.29 is 13.0 Å². The molecule has 0 amide bonds. The van der Waals surface area contributed by atoms with Gasteiger partial charge in [0.05, 0.1) is 10.8 Å². The van der Waals surface area contributed by atoms with Gasteiger partial charge in [-0.15, -0.1) is 0 Å². The van der Waals surface area contributed by atoms with Gasteiger partial charge in [0.1, 0.15) is 16.7 Å². The molecular weight excluding hydrogens is 290 g/mol. The molecule has 1 atom stereocenters. The molecule has 0 fully saturated rings. The predicted molar refractivity (Wildman–Crippen MR) is 73.8 cm³/mol. The van der Waals surface area contributed by atoms with Gasteiger partial charge in [0.2, 0.25) is 0 Å². The summed E-state index contributed by atoms with van der Waals surface area (Å²) in [6.07, 6.45) is 0. The minimum Gasteiger partial charge on any atom is -0.254 e. The summed E-state index contributed by atoms with van der Waals surface area (Å²) in [6.45, 7) is 1.81. The van der Waals surface area contributed by atoms with Gasteiger partial charge in [0, 0.05) is 10.6 Å². The summed E-state index contributed by atoms with van der Waals surface area (Å²) in [5.41, 5.74) is 0.975. The van der Waals surface area contributed by atoms with Crippen molar-refractivity contribution >= 4 is 22.4 Å².